The van der Waals surface area contributed by atoms with Crippen LogP contribution in [0.2, 0.25) is 0 Å². The molecule has 0 aliphatic heterocycles. The first-order valence-corrected chi connectivity index (χ1v) is 13.6. The Morgan fingerprint density at radius 1 is 1.03 bits per heavy atom. The molecule has 0 amide bonds. The van der Waals surface area contributed by atoms with Crippen LogP contribution in [0.15, 0.2) is 60.9 Å². The topological polar surface area (TPSA) is 112 Å². The zero-order chi connectivity index (χ0) is 24.0. The summed E-state index contributed by atoms with van der Waals surface area (Å²) in [6.45, 7) is 0. The number of rotatable bonds is 8. The molecule has 180 valence electrons. The monoisotopic (exact) mass is 489 g/mol. The summed E-state index contributed by atoms with van der Waals surface area (Å²) >= 11 is 0. The lowest BCUT2D eigenvalue weighted by molar-refractivity contribution is 0.347. The van der Waals surface area contributed by atoms with E-state index in [1.165, 1.54) is 0 Å². The Hall–Kier alpha value is -3.59. The minimum atomic E-state index is -3.35. The Balaban J connectivity index is 1.32. The van der Waals surface area contributed by atoms with Crippen molar-refractivity contribution in [3.05, 3.63) is 60.9 Å². The van der Waals surface area contributed by atoms with Gasteiger partial charge < -0.3 is 15.0 Å². The Kier molecular flexibility index (Phi) is 5.36. The molecule has 2 aliphatic rings. The third-order valence-electron chi connectivity index (χ3n) is 6.79. The highest BCUT2D eigenvalue weighted by Crippen LogP contribution is 2.47. The summed E-state index contributed by atoms with van der Waals surface area (Å²) in [5.41, 5.74) is 10.8. The summed E-state index contributed by atoms with van der Waals surface area (Å²) in [6.07, 6.45) is 8.57. The first kappa shape index (κ1) is 21.9. The van der Waals surface area contributed by atoms with Gasteiger partial charge in [-0.1, -0.05) is 18.6 Å². The van der Waals surface area contributed by atoms with Gasteiger partial charge in [0, 0.05) is 41.1 Å². The van der Waals surface area contributed by atoms with Gasteiger partial charge in [0.05, 0.1) is 22.7 Å². The molecule has 0 saturated heterocycles. The van der Waals surface area contributed by atoms with Gasteiger partial charge in [-0.3, -0.25) is 4.72 Å². The van der Waals surface area contributed by atoms with Crippen molar-refractivity contribution >= 4 is 32.3 Å². The number of ether oxygens (including phenoxy) is 1. The summed E-state index contributed by atoms with van der Waals surface area (Å²) in [5.74, 6) is 1.12. The van der Waals surface area contributed by atoms with Gasteiger partial charge in [-0.05, 0) is 61.9 Å². The number of fused-ring (bicyclic) bond motifs is 1. The molecule has 8 nitrogen and oxygen atoms in total. The van der Waals surface area contributed by atoms with Crippen LogP contribution in [-0.2, 0) is 10.0 Å². The summed E-state index contributed by atoms with van der Waals surface area (Å²) in [5, 5.41) is 0.957. The number of nitrogens with one attached hydrogen (secondary N) is 1. The number of anilines is 2. The second kappa shape index (κ2) is 8.57. The minimum Gasteiger partial charge on any atom is -0.424 e. The van der Waals surface area contributed by atoms with Gasteiger partial charge in [-0.25, -0.2) is 18.4 Å². The van der Waals surface area contributed by atoms with Crippen molar-refractivity contribution in [1.82, 2.24) is 14.5 Å². The van der Waals surface area contributed by atoms with Crippen LogP contribution in [-0.4, -0.2) is 28.7 Å². The number of nitrogens with two attached hydrogens (primary N) is 1. The summed E-state index contributed by atoms with van der Waals surface area (Å²) < 4.78 is 35.8. The number of benzene rings is 2. The van der Waals surface area contributed by atoms with Crippen molar-refractivity contribution in [3.63, 3.8) is 0 Å². The average Bonchev–Trinajstić information content (AvgIpc) is 3.62. The maximum Gasteiger partial charge on any atom is 0.321 e. The molecule has 0 bridgehead atoms. The van der Waals surface area contributed by atoms with Crippen molar-refractivity contribution in [2.45, 2.75) is 38.1 Å². The lowest BCUT2D eigenvalue weighted by Gasteiger charge is -2.25. The standard InChI is InChI=1S/C26H27N5O3S/c27-24-22-12-11-21(34-26-28-13-2-14-29-26)15-23(22)31(20-9-10-20)25(24)18-5-7-19(8-6-18)30-35(32,33)16-17-3-1-4-17/h2,5-8,11-15,17,20,30H,1,3-4,9-10,16,27H2. The highest BCUT2D eigenvalue weighted by molar-refractivity contribution is 7.92. The van der Waals surface area contributed by atoms with Gasteiger partial charge in [0.15, 0.2) is 0 Å². The molecule has 2 saturated carbocycles. The van der Waals surface area contributed by atoms with E-state index in [0.717, 1.165) is 54.3 Å². The van der Waals surface area contributed by atoms with Gasteiger partial charge in [0.25, 0.3) is 0 Å². The molecule has 9 heteroatoms. The fourth-order valence-electron chi connectivity index (χ4n) is 4.72. The van der Waals surface area contributed by atoms with E-state index in [2.05, 4.69) is 19.3 Å². The molecule has 4 aromatic rings. The molecule has 3 N–H and O–H groups in total. The number of sulfonamides is 1. The smallest absolute Gasteiger partial charge is 0.321 e. The molecule has 2 heterocycles. The van der Waals surface area contributed by atoms with E-state index < -0.39 is 10.0 Å². The van der Waals surface area contributed by atoms with Gasteiger partial charge in [0.2, 0.25) is 10.0 Å². The fraction of sp³-hybridized carbons (Fsp3) is 0.308. The van der Waals surface area contributed by atoms with Crippen molar-refractivity contribution in [2.24, 2.45) is 5.92 Å². The number of nitrogen functional groups attached to an aromatic ring is 1. The minimum absolute atomic E-state index is 0.191. The van der Waals surface area contributed by atoms with E-state index in [-0.39, 0.29) is 11.7 Å². The number of hydrogen-bond acceptors (Lipinski definition) is 6. The van der Waals surface area contributed by atoms with Crippen LogP contribution < -0.4 is 15.2 Å². The quantitative estimate of drug-likeness (QED) is 0.345. The zero-order valence-corrected chi connectivity index (χ0v) is 20.0. The van der Waals surface area contributed by atoms with Crippen LogP contribution in [0.3, 0.4) is 0 Å². The van der Waals surface area contributed by atoms with Crippen LogP contribution in [0.5, 0.6) is 11.8 Å². The maximum atomic E-state index is 12.5. The van der Waals surface area contributed by atoms with Gasteiger partial charge >= 0.3 is 6.01 Å². The maximum absolute atomic E-state index is 12.5. The van der Waals surface area contributed by atoms with E-state index in [1.807, 2.05) is 42.5 Å². The lowest BCUT2D eigenvalue weighted by Crippen LogP contribution is -2.26. The second-order valence-electron chi connectivity index (χ2n) is 9.43. The van der Waals surface area contributed by atoms with Crippen molar-refractivity contribution in [1.29, 1.82) is 0 Å². The van der Waals surface area contributed by atoms with Crippen LogP contribution in [0.1, 0.15) is 38.1 Å². The molecule has 0 radical (unpaired) electrons. The first-order chi connectivity index (χ1) is 17.0. The van der Waals surface area contributed by atoms with Crippen molar-refractivity contribution < 1.29 is 13.2 Å². The number of nitrogens with zero attached hydrogens (tertiary/aromatic N) is 3. The van der Waals surface area contributed by atoms with E-state index in [4.69, 9.17) is 10.5 Å². The zero-order valence-electron chi connectivity index (χ0n) is 19.2. The molecule has 2 aromatic carbocycles. The number of aromatic nitrogens is 3. The Morgan fingerprint density at radius 3 is 2.43 bits per heavy atom. The molecule has 6 rings (SSSR count). The Morgan fingerprint density at radius 2 is 1.77 bits per heavy atom. The molecular weight excluding hydrogens is 462 g/mol. The van der Waals surface area contributed by atoms with Crippen molar-refractivity contribution in [2.75, 3.05) is 16.2 Å². The van der Waals surface area contributed by atoms with Gasteiger partial charge in [-0.15, -0.1) is 0 Å². The molecule has 0 atom stereocenters. The predicted octanol–water partition coefficient (Wildman–Crippen LogP) is 5.35. The average molecular weight is 490 g/mol. The third kappa shape index (κ3) is 4.43. The highest BCUT2D eigenvalue weighted by Gasteiger charge is 2.30. The van der Waals surface area contributed by atoms with E-state index in [1.54, 1.807) is 18.5 Å². The molecule has 0 spiro atoms. The molecule has 0 unspecified atom stereocenters. The van der Waals surface area contributed by atoms with Crippen LogP contribution >= 0.6 is 0 Å². The van der Waals surface area contributed by atoms with Gasteiger partial charge in [0.1, 0.15) is 5.75 Å². The molecular formula is C26H27N5O3S. The largest absolute Gasteiger partial charge is 0.424 e. The summed E-state index contributed by atoms with van der Waals surface area (Å²) in [4.78, 5) is 8.28. The van der Waals surface area contributed by atoms with Crippen molar-refractivity contribution in [3.8, 4) is 23.0 Å². The Bertz CT molecular complexity index is 1480. The SMILES string of the molecule is Nc1c(-c2ccc(NS(=O)(=O)CC3CCC3)cc2)n(C2CC2)c2cc(Oc3ncccn3)ccc12. The van der Waals surface area contributed by atoms with E-state index in [0.29, 0.717) is 29.2 Å². The fourth-order valence-corrected chi connectivity index (χ4v) is 6.25. The molecule has 35 heavy (non-hydrogen) atoms. The molecule has 2 aliphatic carbocycles. The highest BCUT2D eigenvalue weighted by atomic mass is 32.2. The second-order valence-corrected chi connectivity index (χ2v) is 11.2. The normalized spacial score (nSPS) is 16.2. The van der Waals surface area contributed by atoms with E-state index in [9.17, 15) is 8.42 Å². The predicted molar refractivity (Wildman–Crippen MR) is 137 cm³/mol. The molecule has 2 aromatic heterocycles. The number of hydrogen-bond donors (Lipinski definition) is 2. The molecule has 2 fully saturated rings. The van der Waals surface area contributed by atoms with Gasteiger partial charge in [-0.2, -0.15) is 0 Å². The van der Waals surface area contributed by atoms with Crippen LogP contribution in [0.4, 0.5) is 11.4 Å². The van der Waals surface area contributed by atoms with Crippen LogP contribution in [0.25, 0.3) is 22.2 Å². The lowest BCUT2D eigenvalue weighted by atomic mass is 9.87. The van der Waals surface area contributed by atoms with E-state index >= 15 is 0 Å². The van der Waals surface area contributed by atoms with Crippen LogP contribution in [0, 0.1) is 5.92 Å². The Labute approximate surface area is 204 Å². The summed E-state index contributed by atoms with van der Waals surface area (Å²) in [7, 11) is -3.35. The third-order valence-corrected chi connectivity index (χ3v) is 8.25. The first-order valence-electron chi connectivity index (χ1n) is 12.0. The summed E-state index contributed by atoms with van der Waals surface area (Å²) in [6, 6.07) is 15.7.